The minimum Gasteiger partial charge on any atom is -0.454 e. The number of nitrogens with zero attached hydrogens (tertiary/aromatic N) is 4. The molecular formula is C57H38N4O. The van der Waals surface area contributed by atoms with Crippen LogP contribution < -0.4 is 0 Å². The van der Waals surface area contributed by atoms with Crippen molar-refractivity contribution in [2.75, 3.05) is 0 Å². The second kappa shape index (κ2) is 13.8. The fraction of sp³-hybridized carbons (Fsp3) is 0.0702. The molecule has 0 bridgehead atoms. The Labute approximate surface area is 357 Å². The number of rotatable bonds is 5. The van der Waals surface area contributed by atoms with E-state index < -0.39 is 0 Å². The van der Waals surface area contributed by atoms with Gasteiger partial charge in [-0.05, 0) is 100.0 Å². The lowest BCUT2D eigenvalue weighted by Crippen LogP contribution is -2.07. The summed E-state index contributed by atoms with van der Waals surface area (Å²) >= 11 is 0. The van der Waals surface area contributed by atoms with Gasteiger partial charge in [-0.25, -0.2) is 15.0 Å². The third-order valence-corrected chi connectivity index (χ3v) is 13.0. The lowest BCUT2D eigenvalue weighted by Gasteiger charge is -2.19. The molecule has 3 aromatic heterocycles. The highest BCUT2D eigenvalue weighted by molar-refractivity contribution is 6.26. The van der Waals surface area contributed by atoms with E-state index in [0.717, 1.165) is 74.9 Å². The standard InChI is InChI=1S/C57H38N4O/c1-3-16-35(17-4-1)55-58-56(36-18-5-2-6-19-36)60-57(59-55)39-30-31-51-46(33-39)44-27-15-29-49(54(44)62-51)61-48-28-14-13-26-45(48)53-50(61)34-38-21-8-10-23-41(38)52(53)47-32-37-20-7-9-22-40(37)42-24-11-12-25-43(42)47/h1-6,8-18,21-34,36H,7,19-20H2. The van der Waals surface area contributed by atoms with Gasteiger partial charge in [0.1, 0.15) is 11.4 Å². The van der Waals surface area contributed by atoms with Gasteiger partial charge in [0.25, 0.3) is 0 Å². The number of hydrogen-bond acceptors (Lipinski definition) is 4. The summed E-state index contributed by atoms with van der Waals surface area (Å²) in [4.78, 5) is 15.2. The number of para-hydroxylation sites is 2. The third kappa shape index (κ3) is 5.38. The van der Waals surface area contributed by atoms with Crippen LogP contribution in [0.3, 0.4) is 0 Å². The van der Waals surface area contributed by atoms with Crippen molar-refractivity contribution in [1.29, 1.82) is 0 Å². The highest BCUT2D eigenvalue weighted by atomic mass is 16.3. The molecule has 0 saturated heterocycles. The summed E-state index contributed by atoms with van der Waals surface area (Å²) in [6, 6.07) is 54.6. The Morgan fingerprint density at radius 2 is 1.34 bits per heavy atom. The fourth-order valence-corrected chi connectivity index (χ4v) is 10.1. The van der Waals surface area contributed by atoms with Crippen LogP contribution in [0, 0.1) is 0 Å². The molecular weight excluding hydrogens is 757 g/mol. The SMILES string of the molecule is C1=CCC(c2nc(-c3ccccc3)nc(-c3ccc4oc5c(-n6c7ccccc7c7c(-c8cc9c(c%10ccccc8%10)C=CCC9)c8ccccc8cc76)cccc5c4c3)n2)C=C1. The average molecular weight is 795 g/mol. The van der Waals surface area contributed by atoms with Crippen LogP contribution in [0.5, 0.6) is 0 Å². The first-order valence-electron chi connectivity index (χ1n) is 21.5. The molecule has 0 radical (unpaired) electrons. The summed E-state index contributed by atoms with van der Waals surface area (Å²) in [5.41, 5.74) is 12.1. The highest BCUT2D eigenvalue weighted by Crippen LogP contribution is 2.47. The second-order valence-electron chi connectivity index (χ2n) is 16.5. The largest absolute Gasteiger partial charge is 0.454 e. The minimum atomic E-state index is 0.0808. The van der Waals surface area contributed by atoms with Gasteiger partial charge in [0.05, 0.1) is 16.7 Å². The van der Waals surface area contributed by atoms with Gasteiger partial charge in [0, 0.05) is 44.2 Å². The molecule has 1 atom stereocenters. The maximum Gasteiger partial charge on any atom is 0.163 e. The van der Waals surface area contributed by atoms with Gasteiger partial charge in [0.2, 0.25) is 0 Å². The first kappa shape index (κ1) is 34.9. The van der Waals surface area contributed by atoms with E-state index in [4.69, 9.17) is 19.4 Å². The first-order valence-corrected chi connectivity index (χ1v) is 21.5. The van der Waals surface area contributed by atoms with Crippen LogP contribution in [0.2, 0.25) is 0 Å². The van der Waals surface area contributed by atoms with E-state index in [1.807, 2.05) is 18.2 Å². The summed E-state index contributed by atoms with van der Waals surface area (Å²) < 4.78 is 9.36. The number of allylic oxidation sites excluding steroid dienone is 5. The molecule has 0 spiro atoms. The van der Waals surface area contributed by atoms with Gasteiger partial charge >= 0.3 is 0 Å². The zero-order chi connectivity index (χ0) is 40.7. The monoisotopic (exact) mass is 794 g/mol. The summed E-state index contributed by atoms with van der Waals surface area (Å²) in [6.07, 6.45) is 16.1. The van der Waals surface area contributed by atoms with Gasteiger partial charge in [-0.2, -0.15) is 0 Å². The predicted molar refractivity (Wildman–Crippen MR) is 256 cm³/mol. The van der Waals surface area contributed by atoms with Crippen molar-refractivity contribution in [2.45, 2.75) is 25.2 Å². The van der Waals surface area contributed by atoms with Gasteiger partial charge in [-0.3, -0.25) is 0 Å². The van der Waals surface area contributed by atoms with Crippen LogP contribution >= 0.6 is 0 Å². The van der Waals surface area contributed by atoms with E-state index in [0.29, 0.717) is 11.6 Å². The van der Waals surface area contributed by atoms with Crippen molar-refractivity contribution < 1.29 is 4.42 Å². The van der Waals surface area contributed by atoms with Gasteiger partial charge < -0.3 is 8.98 Å². The molecule has 13 rings (SSSR count). The Morgan fingerprint density at radius 3 is 2.21 bits per heavy atom. The van der Waals surface area contributed by atoms with Crippen LogP contribution in [0.4, 0.5) is 0 Å². The second-order valence-corrected chi connectivity index (χ2v) is 16.5. The number of furan rings is 1. The Morgan fingerprint density at radius 1 is 0.565 bits per heavy atom. The van der Waals surface area contributed by atoms with Crippen molar-refractivity contribution in [3.63, 3.8) is 0 Å². The van der Waals surface area contributed by atoms with Crippen molar-refractivity contribution >= 4 is 71.4 Å². The normalized spacial score (nSPS) is 14.9. The van der Waals surface area contributed by atoms with E-state index >= 15 is 0 Å². The molecule has 0 fully saturated rings. The lowest BCUT2D eigenvalue weighted by molar-refractivity contribution is 0.666. The van der Waals surface area contributed by atoms with Gasteiger partial charge in [-0.1, -0.05) is 146 Å². The molecule has 62 heavy (non-hydrogen) atoms. The predicted octanol–water partition coefficient (Wildman–Crippen LogP) is 14.7. The number of fused-ring (bicyclic) bond motifs is 10. The third-order valence-electron chi connectivity index (χ3n) is 13.0. The average Bonchev–Trinajstić information content (AvgIpc) is 3.89. The molecule has 2 aliphatic carbocycles. The van der Waals surface area contributed by atoms with E-state index in [2.05, 4.69) is 174 Å². The number of aromatic nitrogens is 4. The van der Waals surface area contributed by atoms with Crippen LogP contribution in [-0.4, -0.2) is 19.5 Å². The van der Waals surface area contributed by atoms with Crippen LogP contribution in [0.1, 0.15) is 35.7 Å². The fourth-order valence-electron chi connectivity index (χ4n) is 10.1. The lowest BCUT2D eigenvalue weighted by atomic mass is 9.84. The minimum absolute atomic E-state index is 0.0808. The van der Waals surface area contributed by atoms with Crippen molar-refractivity contribution in [2.24, 2.45) is 0 Å². The molecule has 5 nitrogen and oxygen atoms in total. The molecule has 0 aliphatic heterocycles. The Kier molecular flexibility index (Phi) is 7.79. The van der Waals surface area contributed by atoms with Crippen molar-refractivity contribution in [3.05, 3.63) is 199 Å². The summed E-state index contributed by atoms with van der Waals surface area (Å²) in [5.74, 6) is 2.17. The maximum atomic E-state index is 6.93. The van der Waals surface area contributed by atoms with Gasteiger partial charge in [0.15, 0.2) is 17.2 Å². The number of hydrogen-bond donors (Lipinski definition) is 0. The van der Waals surface area contributed by atoms with Crippen molar-refractivity contribution in [1.82, 2.24) is 19.5 Å². The van der Waals surface area contributed by atoms with Crippen LogP contribution in [0.15, 0.2) is 186 Å². The van der Waals surface area contributed by atoms with Crippen molar-refractivity contribution in [3.8, 4) is 39.6 Å². The van der Waals surface area contributed by atoms with E-state index in [-0.39, 0.29) is 5.92 Å². The number of aryl methyl sites for hydroxylation is 1. The first-order chi connectivity index (χ1) is 30.7. The molecule has 292 valence electrons. The summed E-state index contributed by atoms with van der Waals surface area (Å²) in [6.45, 7) is 0. The van der Waals surface area contributed by atoms with E-state index in [1.165, 1.54) is 54.6 Å². The molecule has 0 N–H and O–H groups in total. The molecule has 3 heterocycles. The Bertz CT molecular complexity index is 3740. The molecule has 2 aliphatic rings. The zero-order valence-electron chi connectivity index (χ0n) is 33.8. The van der Waals surface area contributed by atoms with Gasteiger partial charge in [-0.15, -0.1) is 0 Å². The Balaban J connectivity index is 1.05. The molecule has 11 aromatic rings. The summed E-state index contributed by atoms with van der Waals surface area (Å²) in [7, 11) is 0. The smallest absolute Gasteiger partial charge is 0.163 e. The van der Waals surface area contributed by atoms with E-state index in [1.54, 1.807) is 0 Å². The molecule has 8 aromatic carbocycles. The van der Waals surface area contributed by atoms with Crippen LogP contribution in [0.25, 0.3) is 111 Å². The quantitative estimate of drug-likeness (QED) is 0.174. The zero-order valence-corrected chi connectivity index (χ0v) is 33.8. The molecule has 5 heteroatoms. The van der Waals surface area contributed by atoms with E-state index in [9.17, 15) is 0 Å². The Hall–Kier alpha value is -7.89. The molecule has 0 amide bonds. The summed E-state index contributed by atoms with van der Waals surface area (Å²) in [5, 5.41) is 9.55. The topological polar surface area (TPSA) is 56.7 Å². The molecule has 0 saturated carbocycles. The maximum absolute atomic E-state index is 6.93. The number of benzene rings is 8. The molecule has 1 unspecified atom stereocenters. The van der Waals surface area contributed by atoms with Crippen LogP contribution in [-0.2, 0) is 6.42 Å². The highest BCUT2D eigenvalue weighted by Gasteiger charge is 2.25.